The Morgan fingerprint density at radius 1 is 0.976 bits per heavy atom. The largest absolute Gasteiger partial charge is 0.508 e. The molecule has 0 bridgehead atoms. The van der Waals surface area contributed by atoms with E-state index in [4.69, 9.17) is 0 Å². The van der Waals surface area contributed by atoms with E-state index in [2.05, 4.69) is 23.5 Å². The van der Waals surface area contributed by atoms with Crippen molar-refractivity contribution in [2.75, 3.05) is 32.0 Å². The van der Waals surface area contributed by atoms with Crippen LogP contribution in [-0.4, -0.2) is 81.5 Å². The van der Waals surface area contributed by atoms with Gasteiger partial charge in [-0.3, -0.25) is 19.4 Å². The molecule has 3 aliphatic heterocycles. The summed E-state index contributed by atoms with van der Waals surface area (Å²) in [5, 5.41) is 16.7. The van der Waals surface area contributed by atoms with Gasteiger partial charge in [-0.05, 0) is 53.6 Å². The first-order valence-corrected chi connectivity index (χ1v) is 14.7. The number of amides is 3. The maximum atomic E-state index is 14.1. The van der Waals surface area contributed by atoms with Gasteiger partial charge in [0.2, 0.25) is 17.7 Å². The number of phenolic OH excluding ortho intramolecular Hbond substituents is 1. The quantitative estimate of drug-likeness (QED) is 0.434. The summed E-state index contributed by atoms with van der Waals surface area (Å²) in [7, 11) is 1.77. The molecular weight excluding hydrogens is 530 g/mol. The van der Waals surface area contributed by atoms with Crippen LogP contribution in [0.25, 0.3) is 0 Å². The Bertz CT molecular complexity index is 1460. The second-order valence-corrected chi connectivity index (χ2v) is 11.4. The predicted molar refractivity (Wildman–Crippen MR) is 159 cm³/mol. The molecule has 218 valence electrons. The van der Waals surface area contributed by atoms with Gasteiger partial charge in [-0.2, -0.15) is 0 Å². The van der Waals surface area contributed by atoms with Crippen LogP contribution < -0.4 is 5.32 Å². The fourth-order valence-electron chi connectivity index (χ4n) is 6.52. The minimum atomic E-state index is -0.765. The Labute approximate surface area is 246 Å². The van der Waals surface area contributed by atoms with Crippen LogP contribution in [0.3, 0.4) is 0 Å². The van der Waals surface area contributed by atoms with Gasteiger partial charge in [-0.1, -0.05) is 60.7 Å². The molecule has 2 fully saturated rings. The van der Waals surface area contributed by atoms with Crippen LogP contribution in [0.4, 0.5) is 5.69 Å². The lowest BCUT2D eigenvalue weighted by molar-refractivity contribution is -0.203. The molecule has 0 aromatic heterocycles. The maximum Gasteiger partial charge on any atom is 0.246 e. The molecule has 42 heavy (non-hydrogen) atoms. The molecule has 3 heterocycles. The number of hydrogen-bond acceptors (Lipinski definition) is 6. The van der Waals surface area contributed by atoms with Crippen molar-refractivity contribution >= 4 is 23.4 Å². The summed E-state index contributed by atoms with van der Waals surface area (Å²) in [4.78, 5) is 44.9. The molecular formula is C33H37N5O4. The number of benzene rings is 3. The lowest BCUT2D eigenvalue weighted by atomic mass is 9.97. The molecule has 2 atom stereocenters. The lowest BCUT2D eigenvalue weighted by Gasteiger charge is -2.54. The number of carbonyl (C=O) groups is 3. The molecule has 1 unspecified atom stereocenters. The van der Waals surface area contributed by atoms with E-state index in [1.807, 2.05) is 30.3 Å². The summed E-state index contributed by atoms with van der Waals surface area (Å²) in [6, 6.07) is 22.2. The first-order valence-electron chi connectivity index (χ1n) is 14.7. The lowest BCUT2D eigenvalue weighted by Crippen LogP contribution is -2.75. The van der Waals surface area contributed by atoms with Gasteiger partial charge in [-0.15, -0.1) is 0 Å². The molecule has 9 heteroatoms. The smallest absolute Gasteiger partial charge is 0.246 e. The number of aromatic hydroxyl groups is 1. The topological polar surface area (TPSA) is 96.4 Å². The molecule has 3 aromatic rings. The van der Waals surface area contributed by atoms with Crippen molar-refractivity contribution in [3.8, 4) is 5.75 Å². The minimum absolute atomic E-state index is 0.0242. The summed E-state index contributed by atoms with van der Waals surface area (Å²) in [6.07, 6.45) is 2.45. The van der Waals surface area contributed by atoms with Gasteiger partial charge in [0.15, 0.2) is 0 Å². The first kappa shape index (κ1) is 27.8. The zero-order chi connectivity index (χ0) is 29.2. The van der Waals surface area contributed by atoms with Crippen molar-refractivity contribution < 1.29 is 19.5 Å². The van der Waals surface area contributed by atoms with Crippen LogP contribution in [0, 0.1) is 0 Å². The number of piperazine rings is 1. The average molecular weight is 568 g/mol. The van der Waals surface area contributed by atoms with Crippen LogP contribution >= 0.6 is 0 Å². The number of para-hydroxylation sites is 1. The highest BCUT2D eigenvalue weighted by molar-refractivity contribution is 5.92. The second kappa shape index (κ2) is 11.9. The summed E-state index contributed by atoms with van der Waals surface area (Å²) in [5.41, 5.74) is 5.37. The molecule has 2 saturated heterocycles. The third-order valence-electron chi connectivity index (χ3n) is 8.55. The van der Waals surface area contributed by atoms with Crippen LogP contribution in [-0.2, 0) is 40.2 Å². The third kappa shape index (κ3) is 5.56. The van der Waals surface area contributed by atoms with Crippen LogP contribution in [0.15, 0.2) is 72.8 Å². The van der Waals surface area contributed by atoms with Gasteiger partial charge in [0.1, 0.15) is 18.0 Å². The zero-order valence-corrected chi connectivity index (χ0v) is 23.9. The number of hydrazine groups is 1. The Balaban J connectivity index is 1.29. The van der Waals surface area contributed by atoms with Crippen molar-refractivity contribution in [3.05, 3.63) is 95.1 Å². The van der Waals surface area contributed by atoms with E-state index in [0.717, 1.165) is 36.2 Å². The molecule has 9 nitrogen and oxygen atoms in total. The fourth-order valence-corrected chi connectivity index (χ4v) is 6.52. The Hall–Kier alpha value is -4.37. The number of nitrogens with one attached hydrogen (secondary N) is 1. The van der Waals surface area contributed by atoms with Crippen molar-refractivity contribution in [2.45, 2.75) is 50.9 Å². The van der Waals surface area contributed by atoms with Crippen LogP contribution in [0.2, 0.25) is 0 Å². The number of carbonyl (C=O) groups excluding carboxylic acids is 3. The highest BCUT2D eigenvalue weighted by Crippen LogP contribution is 2.32. The molecule has 2 N–H and O–H groups in total. The molecule has 3 aliphatic rings. The van der Waals surface area contributed by atoms with Gasteiger partial charge in [-0.25, -0.2) is 5.01 Å². The van der Waals surface area contributed by atoms with Gasteiger partial charge < -0.3 is 20.2 Å². The van der Waals surface area contributed by atoms with E-state index in [1.165, 1.54) is 11.1 Å². The predicted octanol–water partition coefficient (Wildman–Crippen LogP) is 3.18. The summed E-state index contributed by atoms with van der Waals surface area (Å²) >= 11 is 0. The summed E-state index contributed by atoms with van der Waals surface area (Å²) in [6.45, 7) is 1.51. The Kier molecular flexibility index (Phi) is 7.84. The number of anilines is 1. The second-order valence-electron chi connectivity index (χ2n) is 11.4. The SMILES string of the molecule is CN1CC(=O)N2C(CN(Cc3cccc4c3NCC4)C(=O)[C@@H]2Cc2ccc(O)cc2)N1C(=O)CCCc1ccccc1. The number of aryl methyl sites for hydroxylation is 1. The minimum Gasteiger partial charge on any atom is -0.508 e. The molecule has 6 rings (SSSR count). The van der Waals surface area contributed by atoms with Gasteiger partial charge >= 0.3 is 0 Å². The average Bonchev–Trinajstić information content (AvgIpc) is 3.47. The number of hydrogen-bond donors (Lipinski definition) is 2. The van der Waals surface area contributed by atoms with Gasteiger partial charge in [0, 0.05) is 38.7 Å². The van der Waals surface area contributed by atoms with Crippen molar-refractivity contribution in [1.82, 2.24) is 19.8 Å². The van der Waals surface area contributed by atoms with E-state index < -0.39 is 12.2 Å². The normalized spacial score (nSPS) is 20.4. The van der Waals surface area contributed by atoms with Gasteiger partial charge in [0.05, 0.1) is 13.1 Å². The van der Waals surface area contributed by atoms with Crippen molar-refractivity contribution in [2.24, 2.45) is 0 Å². The van der Waals surface area contributed by atoms with Crippen LogP contribution in [0.5, 0.6) is 5.75 Å². The van der Waals surface area contributed by atoms with E-state index in [0.29, 0.717) is 25.8 Å². The molecule has 0 aliphatic carbocycles. The highest BCUT2D eigenvalue weighted by atomic mass is 16.3. The number of phenols is 1. The monoisotopic (exact) mass is 567 g/mol. The maximum absolute atomic E-state index is 14.1. The van der Waals surface area contributed by atoms with Gasteiger partial charge in [0.25, 0.3) is 0 Å². The molecule has 0 spiro atoms. The van der Waals surface area contributed by atoms with Crippen molar-refractivity contribution in [1.29, 1.82) is 0 Å². The number of likely N-dealkylation sites (N-methyl/N-ethyl adjacent to an activating group) is 1. The zero-order valence-electron chi connectivity index (χ0n) is 23.9. The van der Waals surface area contributed by atoms with Crippen molar-refractivity contribution in [3.63, 3.8) is 0 Å². The summed E-state index contributed by atoms with van der Waals surface area (Å²) < 4.78 is 0. The summed E-state index contributed by atoms with van der Waals surface area (Å²) in [5.74, 6) is -0.225. The third-order valence-corrected chi connectivity index (χ3v) is 8.55. The number of fused-ring (bicyclic) bond motifs is 2. The Morgan fingerprint density at radius 2 is 1.76 bits per heavy atom. The Morgan fingerprint density at radius 3 is 2.55 bits per heavy atom. The number of rotatable bonds is 8. The molecule has 3 amide bonds. The van der Waals surface area contributed by atoms with E-state index in [9.17, 15) is 19.5 Å². The fraction of sp³-hybridized carbons (Fsp3) is 0.364. The number of nitrogens with zero attached hydrogens (tertiary/aromatic N) is 4. The molecule has 3 aromatic carbocycles. The van der Waals surface area contributed by atoms with E-state index >= 15 is 0 Å². The highest BCUT2D eigenvalue weighted by Gasteiger charge is 2.50. The first-order chi connectivity index (χ1) is 20.4. The molecule has 0 radical (unpaired) electrons. The van der Waals surface area contributed by atoms with E-state index in [-0.39, 0.29) is 36.6 Å². The van der Waals surface area contributed by atoms with Crippen LogP contribution in [0.1, 0.15) is 35.1 Å². The standard InChI is InChI=1S/C33H37N5O4/c1-35-22-31(41)37-28(19-24-13-15-27(39)16-14-24)33(42)36(20-26-11-6-10-25-17-18-34-32(25)26)21-29(37)38(35)30(40)12-5-9-23-7-3-2-4-8-23/h2-4,6-8,10-11,13-16,28-29,34,39H,5,9,12,17-22H2,1H3/t28-,29?/m0/s1. The molecule has 0 saturated carbocycles. The van der Waals surface area contributed by atoms with E-state index in [1.54, 1.807) is 51.1 Å².